The van der Waals surface area contributed by atoms with E-state index in [0.717, 1.165) is 45.7 Å². The predicted molar refractivity (Wildman–Crippen MR) is 166 cm³/mol. The molecule has 0 unspecified atom stereocenters. The lowest BCUT2D eigenvalue weighted by molar-refractivity contribution is -0.144. The average molecular weight is 564 g/mol. The lowest BCUT2D eigenvalue weighted by Gasteiger charge is -2.49. The highest BCUT2D eigenvalue weighted by Crippen LogP contribution is 2.25. The Balaban J connectivity index is 1.94. The number of nitrogens with zero attached hydrogens (tertiary/aromatic N) is 7. The fraction of sp³-hybridized carbons (Fsp3) is 0.857. The zero-order chi connectivity index (χ0) is 30.1. The minimum atomic E-state index is -0.615. The minimum absolute atomic E-state index is 0.0964. The van der Waals surface area contributed by atoms with E-state index in [-0.39, 0.29) is 11.4 Å². The van der Waals surface area contributed by atoms with E-state index >= 15 is 0 Å². The molecule has 0 spiro atoms. The van der Waals surface area contributed by atoms with Crippen molar-refractivity contribution in [3.63, 3.8) is 0 Å². The van der Waals surface area contributed by atoms with Crippen molar-refractivity contribution in [3.05, 3.63) is 0 Å². The summed E-state index contributed by atoms with van der Waals surface area (Å²) in [6.45, 7) is 19.5. The van der Waals surface area contributed by atoms with Crippen molar-refractivity contribution in [1.82, 2.24) is 40.3 Å². The number of nitrogens with one attached hydrogen (secondary N) is 4. The number of hydrogen-bond acceptors (Lipinski definition) is 11. The Hall–Kier alpha value is -2.28. The van der Waals surface area contributed by atoms with Gasteiger partial charge in [-0.15, -0.1) is 0 Å². The molecule has 0 atom stereocenters. The van der Waals surface area contributed by atoms with Crippen LogP contribution in [-0.2, 0) is 4.79 Å². The molecule has 40 heavy (non-hydrogen) atoms. The first-order valence-corrected chi connectivity index (χ1v) is 14.6. The molecule has 0 saturated carbocycles. The summed E-state index contributed by atoms with van der Waals surface area (Å²) in [7, 11) is 10.2. The van der Waals surface area contributed by atoms with E-state index in [0.29, 0.717) is 30.9 Å². The van der Waals surface area contributed by atoms with E-state index in [4.69, 9.17) is 0 Å². The van der Waals surface area contributed by atoms with Crippen LogP contribution in [0.3, 0.4) is 0 Å². The Morgan fingerprint density at radius 1 is 0.900 bits per heavy atom. The molecule has 1 saturated heterocycles. The molecule has 1 aromatic heterocycles. The lowest BCUT2D eigenvalue weighted by atomic mass is 9.89. The Morgan fingerprint density at radius 2 is 1.48 bits per heavy atom. The van der Waals surface area contributed by atoms with Crippen LogP contribution in [0, 0.1) is 0 Å². The van der Waals surface area contributed by atoms with Gasteiger partial charge < -0.3 is 35.6 Å². The standard InChI is InChI=1S/C28H57N11O/c1-26(2,20-39-21-27(3,4)35-28(5,6)22(39)40)34-24-31-23(32-25(33-24)36(8)9)30-15-13-17-38(11)19-18-37(10)16-12-14-29-7/h29,35H,12-21H2,1-11H3,(H2,30,31,32,33,34). The number of carbonyl (C=O) groups is 1. The maximum Gasteiger partial charge on any atom is 0.242 e. The molecule has 230 valence electrons. The van der Waals surface area contributed by atoms with Crippen LogP contribution in [0.15, 0.2) is 0 Å². The van der Waals surface area contributed by atoms with E-state index < -0.39 is 11.1 Å². The highest BCUT2D eigenvalue weighted by Gasteiger charge is 2.44. The molecule has 0 aromatic carbocycles. The van der Waals surface area contributed by atoms with Gasteiger partial charge in [0.2, 0.25) is 23.8 Å². The molecule has 1 aromatic rings. The molecule has 0 bridgehead atoms. The topological polar surface area (TPSA) is 117 Å². The van der Waals surface area contributed by atoms with E-state index in [2.05, 4.69) is 87.8 Å². The molecule has 12 nitrogen and oxygen atoms in total. The summed E-state index contributed by atoms with van der Waals surface area (Å²) in [6.07, 6.45) is 2.15. The fourth-order valence-corrected chi connectivity index (χ4v) is 5.17. The first-order valence-electron chi connectivity index (χ1n) is 14.6. The summed E-state index contributed by atoms with van der Waals surface area (Å²) < 4.78 is 0. The van der Waals surface area contributed by atoms with Crippen molar-refractivity contribution in [3.8, 4) is 0 Å². The first-order chi connectivity index (χ1) is 18.5. The summed E-state index contributed by atoms with van der Waals surface area (Å²) in [6, 6.07) is 0. The molecule has 0 radical (unpaired) electrons. The van der Waals surface area contributed by atoms with Crippen LogP contribution < -0.4 is 26.2 Å². The molecule has 1 aliphatic heterocycles. The maximum atomic E-state index is 13.2. The highest BCUT2D eigenvalue weighted by atomic mass is 16.2. The average Bonchev–Trinajstić information content (AvgIpc) is 2.82. The number of carbonyl (C=O) groups excluding carboxylic acids is 1. The number of likely N-dealkylation sites (N-methyl/N-ethyl adjacent to an activating group) is 2. The van der Waals surface area contributed by atoms with Gasteiger partial charge in [-0.2, -0.15) is 15.0 Å². The summed E-state index contributed by atoms with van der Waals surface area (Å²) >= 11 is 0. The highest BCUT2D eigenvalue weighted by molar-refractivity contribution is 5.86. The minimum Gasteiger partial charge on any atom is -0.354 e. The second-order valence-corrected chi connectivity index (χ2v) is 13.3. The molecule has 0 aliphatic carbocycles. The van der Waals surface area contributed by atoms with Gasteiger partial charge in [0.1, 0.15) is 0 Å². The maximum absolute atomic E-state index is 13.2. The van der Waals surface area contributed by atoms with Gasteiger partial charge in [-0.25, -0.2) is 0 Å². The normalized spacial score (nSPS) is 17.0. The van der Waals surface area contributed by atoms with Gasteiger partial charge in [-0.3, -0.25) is 10.1 Å². The van der Waals surface area contributed by atoms with Crippen LogP contribution in [0.1, 0.15) is 54.4 Å². The van der Waals surface area contributed by atoms with E-state index in [9.17, 15) is 4.79 Å². The number of hydrogen-bond donors (Lipinski definition) is 4. The van der Waals surface area contributed by atoms with Crippen LogP contribution in [0.5, 0.6) is 0 Å². The zero-order valence-electron chi connectivity index (χ0n) is 27.1. The lowest BCUT2D eigenvalue weighted by Crippen LogP contribution is -2.71. The predicted octanol–water partition coefficient (Wildman–Crippen LogP) is 1.39. The number of aromatic nitrogens is 3. The van der Waals surface area contributed by atoms with Gasteiger partial charge in [0.25, 0.3) is 0 Å². The van der Waals surface area contributed by atoms with Crippen molar-refractivity contribution in [2.75, 3.05) is 103 Å². The van der Waals surface area contributed by atoms with Gasteiger partial charge in [0.15, 0.2) is 0 Å². The van der Waals surface area contributed by atoms with Crippen LogP contribution >= 0.6 is 0 Å². The van der Waals surface area contributed by atoms with E-state index in [1.54, 1.807) is 0 Å². The van der Waals surface area contributed by atoms with Crippen molar-refractivity contribution < 1.29 is 4.79 Å². The van der Waals surface area contributed by atoms with Gasteiger partial charge in [-0.05, 0) is 95.2 Å². The SMILES string of the molecule is CNCCCN(C)CCN(C)CCCNc1nc(NC(C)(C)CN2CC(C)(C)NC(C)(C)C2=O)nc(N(C)C)n1. The Kier molecular flexibility index (Phi) is 12.4. The Labute approximate surface area is 243 Å². The number of amides is 1. The van der Waals surface area contributed by atoms with Gasteiger partial charge in [-0.1, -0.05) is 0 Å². The summed E-state index contributed by atoms with van der Waals surface area (Å²) in [5.41, 5.74) is -1.24. The summed E-state index contributed by atoms with van der Waals surface area (Å²) in [5, 5.41) is 13.5. The van der Waals surface area contributed by atoms with Gasteiger partial charge in [0.05, 0.1) is 11.1 Å². The van der Waals surface area contributed by atoms with Gasteiger partial charge >= 0.3 is 0 Å². The van der Waals surface area contributed by atoms with Gasteiger partial charge in [0, 0.05) is 52.4 Å². The Bertz CT molecular complexity index is 935. The molecule has 12 heteroatoms. The third kappa shape index (κ3) is 11.3. The third-order valence-corrected chi connectivity index (χ3v) is 6.95. The van der Waals surface area contributed by atoms with Crippen LogP contribution in [0.25, 0.3) is 0 Å². The van der Waals surface area contributed by atoms with E-state index in [1.165, 1.54) is 6.42 Å². The Morgan fingerprint density at radius 3 is 2.05 bits per heavy atom. The molecule has 1 fully saturated rings. The van der Waals surface area contributed by atoms with E-state index in [1.807, 2.05) is 44.8 Å². The molecule has 2 rings (SSSR count). The second kappa shape index (κ2) is 14.6. The fourth-order valence-electron chi connectivity index (χ4n) is 5.17. The van der Waals surface area contributed by atoms with Crippen LogP contribution in [0.2, 0.25) is 0 Å². The number of piperazine rings is 1. The quantitative estimate of drug-likeness (QED) is 0.206. The summed E-state index contributed by atoms with van der Waals surface area (Å²) in [5.74, 6) is 1.71. The van der Waals surface area contributed by atoms with Crippen molar-refractivity contribution in [2.45, 2.75) is 71.0 Å². The molecular weight excluding hydrogens is 506 g/mol. The zero-order valence-corrected chi connectivity index (χ0v) is 27.1. The molecule has 4 N–H and O–H groups in total. The summed E-state index contributed by atoms with van der Waals surface area (Å²) in [4.78, 5) is 35.6. The van der Waals surface area contributed by atoms with Crippen LogP contribution in [0.4, 0.5) is 17.8 Å². The van der Waals surface area contributed by atoms with Crippen molar-refractivity contribution in [1.29, 1.82) is 0 Å². The molecule has 2 heterocycles. The third-order valence-electron chi connectivity index (χ3n) is 6.95. The molecule has 1 aliphatic rings. The monoisotopic (exact) mass is 563 g/mol. The van der Waals surface area contributed by atoms with Crippen molar-refractivity contribution in [2.24, 2.45) is 0 Å². The van der Waals surface area contributed by atoms with Crippen LogP contribution in [-0.4, -0.2) is 140 Å². The number of rotatable bonds is 17. The molecular formula is C28H57N11O. The first kappa shape index (κ1) is 33.9. The smallest absolute Gasteiger partial charge is 0.242 e. The van der Waals surface area contributed by atoms with Crippen molar-refractivity contribution >= 4 is 23.8 Å². The second-order valence-electron chi connectivity index (χ2n) is 13.3. The molecule has 1 amide bonds. The largest absolute Gasteiger partial charge is 0.354 e. The number of anilines is 3.